The molecule has 0 bridgehead atoms. The highest BCUT2D eigenvalue weighted by atomic mass is 35.5. The van der Waals surface area contributed by atoms with E-state index in [0.717, 1.165) is 0 Å². The summed E-state index contributed by atoms with van der Waals surface area (Å²) in [4.78, 5) is 45.3. The van der Waals surface area contributed by atoms with Crippen molar-refractivity contribution in [1.29, 1.82) is 0 Å². The number of halogens is 2. The number of aromatic nitrogens is 6. The van der Waals surface area contributed by atoms with Crippen LogP contribution in [0.1, 0.15) is 44.9 Å². The number of fused-ring (bicyclic) bond motifs is 3. The predicted molar refractivity (Wildman–Crippen MR) is 157 cm³/mol. The topological polar surface area (TPSA) is 162 Å². The summed E-state index contributed by atoms with van der Waals surface area (Å²) in [6, 6.07) is 10.4. The van der Waals surface area contributed by atoms with Gasteiger partial charge in [0.1, 0.15) is 22.2 Å². The van der Waals surface area contributed by atoms with Gasteiger partial charge in [-0.1, -0.05) is 23.2 Å². The Bertz CT molecular complexity index is 1990. The van der Waals surface area contributed by atoms with Crippen LogP contribution in [0.25, 0.3) is 16.6 Å². The van der Waals surface area contributed by atoms with Crippen molar-refractivity contribution in [3.8, 4) is 0 Å². The van der Waals surface area contributed by atoms with Gasteiger partial charge in [-0.2, -0.15) is 10.2 Å². The van der Waals surface area contributed by atoms with E-state index < -0.39 is 17.9 Å². The lowest BCUT2D eigenvalue weighted by atomic mass is 10.3. The lowest BCUT2D eigenvalue weighted by Gasteiger charge is -2.04. The van der Waals surface area contributed by atoms with Crippen molar-refractivity contribution in [1.82, 2.24) is 28.8 Å². The third-order valence-electron chi connectivity index (χ3n) is 5.80. The average molecular weight is 627 g/mol. The molecule has 0 aliphatic heterocycles. The number of carboxylic acid groups (broad SMARTS) is 1. The number of rotatable bonds is 5. The number of hydrogen-bond donors (Lipinski definition) is 2. The van der Waals surface area contributed by atoms with Crippen LogP contribution in [0.5, 0.6) is 0 Å². The molecule has 6 rings (SSSR count). The molecule has 6 aromatic rings. The van der Waals surface area contributed by atoms with Crippen molar-refractivity contribution in [2.75, 3.05) is 13.2 Å². The van der Waals surface area contributed by atoms with Gasteiger partial charge in [-0.3, -0.25) is 9.31 Å². The number of carboxylic acids is 1. The molecular formula is C28H24Cl2N6O7. The first kappa shape index (κ1) is 30.8. The largest absolute Gasteiger partial charge is 0.478 e. The Morgan fingerprint density at radius 3 is 1.84 bits per heavy atom. The molecule has 0 amide bonds. The van der Waals surface area contributed by atoms with Crippen LogP contribution in [0.2, 0.25) is 10.0 Å². The van der Waals surface area contributed by atoms with Crippen LogP contribution < -0.4 is 5.43 Å². The molecule has 2 N–H and O–H groups in total. The Morgan fingerprint density at radius 2 is 1.28 bits per heavy atom. The lowest BCUT2D eigenvalue weighted by molar-refractivity contribution is 0.0515. The monoisotopic (exact) mass is 626 g/mol. The number of carbonyl (C=O) groups is 3. The van der Waals surface area contributed by atoms with Crippen LogP contribution in [0.4, 0.5) is 0 Å². The summed E-state index contributed by atoms with van der Waals surface area (Å²) in [6.07, 6.45) is 9.16. The van der Waals surface area contributed by atoms with Crippen LogP contribution in [-0.2, 0) is 9.47 Å². The molecule has 13 nitrogen and oxygen atoms in total. The van der Waals surface area contributed by atoms with E-state index in [2.05, 4.69) is 15.3 Å². The van der Waals surface area contributed by atoms with Crippen molar-refractivity contribution >= 4 is 57.7 Å². The van der Waals surface area contributed by atoms with Gasteiger partial charge < -0.3 is 19.7 Å². The van der Waals surface area contributed by atoms with Crippen LogP contribution in [0.3, 0.4) is 0 Å². The van der Waals surface area contributed by atoms with E-state index in [1.807, 2.05) is 6.07 Å². The molecule has 0 saturated carbocycles. The van der Waals surface area contributed by atoms with Gasteiger partial charge in [0.05, 0.1) is 46.7 Å². The summed E-state index contributed by atoms with van der Waals surface area (Å²) in [5.74, 6) is -2.11. The Morgan fingerprint density at radius 1 is 0.791 bits per heavy atom. The highest BCUT2D eigenvalue weighted by molar-refractivity contribution is 6.37. The second-order valence-electron chi connectivity index (χ2n) is 8.45. The summed E-state index contributed by atoms with van der Waals surface area (Å²) in [6.45, 7) is 4.02. The quantitative estimate of drug-likeness (QED) is 0.259. The minimum Gasteiger partial charge on any atom is -0.478 e. The fraction of sp³-hybridized carbons (Fsp3) is 0.143. The van der Waals surface area contributed by atoms with E-state index in [1.54, 1.807) is 71.8 Å². The van der Waals surface area contributed by atoms with Crippen LogP contribution >= 0.6 is 23.2 Å². The molecule has 6 aromatic heterocycles. The predicted octanol–water partition coefficient (Wildman–Crippen LogP) is 4.65. The molecule has 15 heteroatoms. The maximum Gasteiger partial charge on any atom is 0.343 e. The number of nitrogens with one attached hydrogen (secondary N) is 1. The highest BCUT2D eigenvalue weighted by Crippen LogP contribution is 2.22. The maximum atomic E-state index is 11.8. The average Bonchev–Trinajstić information content (AvgIpc) is 3.76. The van der Waals surface area contributed by atoms with Gasteiger partial charge in [0.2, 0.25) is 5.43 Å². The molecule has 0 saturated heterocycles. The normalized spacial score (nSPS) is 10.5. The van der Waals surface area contributed by atoms with Crippen molar-refractivity contribution in [3.05, 3.63) is 111 Å². The van der Waals surface area contributed by atoms with E-state index in [9.17, 15) is 19.2 Å². The van der Waals surface area contributed by atoms with Gasteiger partial charge >= 0.3 is 17.9 Å². The Hall–Kier alpha value is -5.14. The first-order valence-corrected chi connectivity index (χ1v) is 13.4. The van der Waals surface area contributed by atoms with Crippen molar-refractivity contribution in [3.63, 3.8) is 0 Å². The number of esters is 2. The first-order valence-electron chi connectivity index (χ1n) is 12.7. The number of ether oxygens (including phenoxy) is 2. The number of hydrogen-bond acceptors (Lipinski definition) is 8. The van der Waals surface area contributed by atoms with Crippen LogP contribution in [0, 0.1) is 0 Å². The fourth-order valence-corrected chi connectivity index (χ4v) is 4.35. The standard InChI is InChI=1S/C10H9ClN2O2.C10H10N2O3.C8H5ClN2O2/c1-2-15-10(14)7-6-12-13-5-3-4-8(13)9(7)11;1-2-15-10(14)7-6-11-12-5-3-4-8(12)9(7)13;9-7-5(8(12)13)4-10-11-3-1-2-6(7)11/h3-6H,2H2,1H3;3-6,11H,2H2,1H3;1-4H,(H,12,13). The zero-order valence-corrected chi connectivity index (χ0v) is 24.2. The fourth-order valence-electron chi connectivity index (χ4n) is 3.80. The third-order valence-corrected chi connectivity index (χ3v) is 6.59. The molecule has 0 radical (unpaired) electrons. The zero-order chi connectivity index (χ0) is 31.1. The molecule has 43 heavy (non-hydrogen) atoms. The zero-order valence-electron chi connectivity index (χ0n) is 22.7. The molecule has 222 valence electrons. The van der Waals surface area contributed by atoms with Gasteiger partial charge in [0, 0.05) is 24.8 Å². The second kappa shape index (κ2) is 13.7. The van der Waals surface area contributed by atoms with Crippen molar-refractivity contribution in [2.24, 2.45) is 0 Å². The summed E-state index contributed by atoms with van der Waals surface area (Å²) in [5, 5.41) is 20.0. The molecular weight excluding hydrogens is 603 g/mol. The SMILES string of the molecule is CCOC(=O)c1c[nH]n2cccc2c1=O.CCOC(=O)c1cnn2cccc2c1Cl.O=C(O)c1cnn2cccc2c1Cl. The number of aromatic carboxylic acids is 1. The van der Waals surface area contributed by atoms with E-state index in [4.69, 9.17) is 37.8 Å². The van der Waals surface area contributed by atoms with Crippen LogP contribution in [-0.4, -0.2) is 65.1 Å². The highest BCUT2D eigenvalue weighted by Gasteiger charge is 2.15. The van der Waals surface area contributed by atoms with E-state index >= 15 is 0 Å². The van der Waals surface area contributed by atoms with Gasteiger partial charge in [0.15, 0.2) is 0 Å². The van der Waals surface area contributed by atoms with Crippen molar-refractivity contribution < 1.29 is 29.0 Å². The van der Waals surface area contributed by atoms with Gasteiger partial charge in [-0.15, -0.1) is 0 Å². The molecule has 0 aromatic carbocycles. The van der Waals surface area contributed by atoms with E-state index in [0.29, 0.717) is 33.7 Å². The second-order valence-corrected chi connectivity index (χ2v) is 9.20. The number of nitrogens with zero attached hydrogens (tertiary/aromatic N) is 5. The number of carbonyl (C=O) groups excluding carboxylic acids is 2. The Kier molecular flexibility index (Phi) is 9.80. The molecule has 0 atom stereocenters. The van der Waals surface area contributed by atoms with Crippen molar-refractivity contribution in [2.45, 2.75) is 13.8 Å². The summed E-state index contributed by atoms with van der Waals surface area (Å²) >= 11 is 11.9. The Labute approximate surface area is 252 Å². The maximum absolute atomic E-state index is 11.8. The minimum atomic E-state index is -1.07. The van der Waals surface area contributed by atoms with E-state index in [-0.39, 0.29) is 28.2 Å². The van der Waals surface area contributed by atoms with Crippen LogP contribution in [0.15, 0.2) is 78.4 Å². The Balaban J connectivity index is 0.000000148. The number of aromatic amines is 1. The van der Waals surface area contributed by atoms with E-state index in [1.165, 1.54) is 23.1 Å². The third kappa shape index (κ3) is 6.68. The molecule has 0 aliphatic carbocycles. The molecule has 0 aliphatic rings. The molecule has 0 fully saturated rings. The van der Waals surface area contributed by atoms with Gasteiger partial charge in [0.25, 0.3) is 0 Å². The molecule has 0 spiro atoms. The molecule has 0 unspecified atom stereocenters. The van der Waals surface area contributed by atoms with Gasteiger partial charge in [-0.25, -0.2) is 23.4 Å². The number of H-pyrrole nitrogens is 1. The summed E-state index contributed by atoms with van der Waals surface area (Å²) in [7, 11) is 0. The summed E-state index contributed by atoms with van der Waals surface area (Å²) in [5.41, 5.74) is 1.75. The lowest BCUT2D eigenvalue weighted by Crippen LogP contribution is -2.19. The smallest absolute Gasteiger partial charge is 0.343 e. The van der Waals surface area contributed by atoms with Gasteiger partial charge in [-0.05, 0) is 50.2 Å². The minimum absolute atomic E-state index is 0.0212. The summed E-state index contributed by atoms with van der Waals surface area (Å²) < 4.78 is 14.3. The first-order chi connectivity index (χ1) is 20.7. The molecule has 6 heterocycles.